The lowest BCUT2D eigenvalue weighted by Crippen LogP contribution is -2.54. The average molecular weight is 288 g/mol. The van der Waals surface area contributed by atoms with Gasteiger partial charge < -0.3 is 10.2 Å². The fraction of sp³-hybridized carbons (Fsp3) is 0.684. The van der Waals surface area contributed by atoms with E-state index in [2.05, 4.69) is 68.5 Å². The highest BCUT2D eigenvalue weighted by Gasteiger charge is 2.36. The van der Waals surface area contributed by atoms with Gasteiger partial charge in [-0.1, -0.05) is 57.0 Å². The quantitative estimate of drug-likeness (QED) is 0.854. The van der Waals surface area contributed by atoms with Gasteiger partial charge in [-0.25, -0.2) is 0 Å². The molecule has 1 aliphatic rings. The molecule has 0 spiro atoms. The summed E-state index contributed by atoms with van der Waals surface area (Å²) in [6.07, 6.45) is 5.43. The molecule has 21 heavy (non-hydrogen) atoms. The van der Waals surface area contributed by atoms with E-state index in [1.807, 2.05) is 0 Å². The van der Waals surface area contributed by atoms with Crippen molar-refractivity contribution in [3.8, 4) is 0 Å². The molecule has 3 atom stereocenters. The topological polar surface area (TPSA) is 15.3 Å². The van der Waals surface area contributed by atoms with E-state index in [1.165, 1.54) is 31.2 Å². The van der Waals surface area contributed by atoms with Crippen LogP contribution in [0.15, 0.2) is 30.3 Å². The summed E-state index contributed by atoms with van der Waals surface area (Å²) in [5.41, 5.74) is 1.79. The number of likely N-dealkylation sites (N-methyl/N-ethyl adjacent to an activating group) is 1. The van der Waals surface area contributed by atoms with Crippen molar-refractivity contribution in [2.45, 2.75) is 51.0 Å². The maximum absolute atomic E-state index is 3.75. The monoisotopic (exact) mass is 288 g/mol. The van der Waals surface area contributed by atoms with Crippen molar-refractivity contribution in [3.05, 3.63) is 35.9 Å². The van der Waals surface area contributed by atoms with Gasteiger partial charge in [-0.05, 0) is 44.3 Å². The van der Waals surface area contributed by atoms with Gasteiger partial charge in [-0.15, -0.1) is 0 Å². The molecule has 0 heterocycles. The highest BCUT2D eigenvalue weighted by atomic mass is 15.2. The minimum Gasteiger partial charge on any atom is -0.314 e. The molecule has 0 radical (unpaired) electrons. The van der Waals surface area contributed by atoms with Crippen LogP contribution in [0.4, 0.5) is 0 Å². The lowest BCUT2D eigenvalue weighted by Gasteiger charge is -2.45. The molecule has 1 fully saturated rings. The van der Waals surface area contributed by atoms with Crippen LogP contribution in [-0.4, -0.2) is 37.6 Å². The summed E-state index contributed by atoms with van der Waals surface area (Å²) >= 11 is 0. The number of hydrogen-bond donors (Lipinski definition) is 1. The Morgan fingerprint density at radius 3 is 2.62 bits per heavy atom. The molecule has 0 bridgehead atoms. The Morgan fingerprint density at radius 1 is 1.29 bits per heavy atom. The molecule has 0 aromatic heterocycles. The molecule has 0 saturated heterocycles. The highest BCUT2D eigenvalue weighted by molar-refractivity contribution is 5.19. The van der Waals surface area contributed by atoms with E-state index in [1.54, 1.807) is 0 Å². The third-order valence-corrected chi connectivity index (χ3v) is 5.29. The fourth-order valence-electron chi connectivity index (χ4n) is 3.78. The molecule has 1 N–H and O–H groups in total. The highest BCUT2D eigenvalue weighted by Crippen LogP contribution is 2.35. The van der Waals surface area contributed by atoms with Crippen LogP contribution < -0.4 is 5.32 Å². The van der Waals surface area contributed by atoms with Gasteiger partial charge in [0, 0.05) is 18.6 Å². The average Bonchev–Trinajstić information content (AvgIpc) is 2.48. The minimum atomic E-state index is 0.355. The smallest absolute Gasteiger partial charge is 0.0330 e. The second kappa shape index (κ2) is 7.42. The van der Waals surface area contributed by atoms with Gasteiger partial charge in [-0.3, -0.25) is 0 Å². The van der Waals surface area contributed by atoms with Crippen LogP contribution in [0, 0.1) is 5.92 Å². The number of nitrogens with zero attached hydrogens (tertiary/aromatic N) is 1. The van der Waals surface area contributed by atoms with Crippen molar-refractivity contribution >= 4 is 0 Å². The molecule has 3 unspecified atom stereocenters. The first-order valence-corrected chi connectivity index (χ1v) is 8.46. The zero-order chi connectivity index (χ0) is 15.3. The summed E-state index contributed by atoms with van der Waals surface area (Å²) < 4.78 is 0. The maximum atomic E-state index is 3.75. The van der Waals surface area contributed by atoms with Gasteiger partial charge in [0.25, 0.3) is 0 Å². The summed E-state index contributed by atoms with van der Waals surface area (Å²) in [7, 11) is 4.50. The molecule has 1 aliphatic carbocycles. The minimum absolute atomic E-state index is 0.355. The Labute approximate surface area is 130 Å². The van der Waals surface area contributed by atoms with Gasteiger partial charge in [-0.2, -0.15) is 0 Å². The van der Waals surface area contributed by atoms with E-state index in [9.17, 15) is 0 Å². The Morgan fingerprint density at radius 2 is 2.00 bits per heavy atom. The molecular formula is C19H32N2. The number of rotatable bonds is 6. The zero-order valence-electron chi connectivity index (χ0n) is 14.2. The first-order chi connectivity index (χ1) is 10.0. The van der Waals surface area contributed by atoms with Crippen LogP contribution in [0.1, 0.15) is 51.0 Å². The van der Waals surface area contributed by atoms with Crippen LogP contribution in [-0.2, 0) is 0 Å². The van der Waals surface area contributed by atoms with Crippen LogP contribution in [0.2, 0.25) is 0 Å². The van der Waals surface area contributed by atoms with E-state index in [0.29, 0.717) is 11.5 Å². The molecular weight excluding hydrogens is 256 g/mol. The van der Waals surface area contributed by atoms with Crippen LogP contribution in [0.5, 0.6) is 0 Å². The summed E-state index contributed by atoms with van der Waals surface area (Å²) in [5, 5.41) is 3.75. The van der Waals surface area contributed by atoms with Crippen LogP contribution in [0.3, 0.4) is 0 Å². The van der Waals surface area contributed by atoms with E-state index >= 15 is 0 Å². The molecule has 0 aliphatic heterocycles. The Hall–Kier alpha value is -0.860. The fourth-order valence-corrected chi connectivity index (χ4v) is 3.78. The van der Waals surface area contributed by atoms with Crippen LogP contribution in [0.25, 0.3) is 0 Å². The van der Waals surface area contributed by atoms with E-state index < -0.39 is 0 Å². The summed E-state index contributed by atoms with van der Waals surface area (Å²) in [6, 6.07) is 10.8. The van der Waals surface area contributed by atoms with Crippen LogP contribution >= 0.6 is 0 Å². The normalized spacial score (nSPS) is 27.8. The molecule has 2 heteroatoms. The zero-order valence-corrected chi connectivity index (χ0v) is 14.2. The number of hydrogen-bond acceptors (Lipinski definition) is 2. The van der Waals surface area contributed by atoms with Gasteiger partial charge in [0.05, 0.1) is 0 Å². The molecule has 1 aromatic carbocycles. The lowest BCUT2D eigenvalue weighted by atomic mass is 9.75. The molecule has 118 valence electrons. The molecule has 1 aromatic rings. The van der Waals surface area contributed by atoms with Crippen molar-refractivity contribution in [2.75, 3.05) is 27.2 Å². The predicted octanol–water partition coefficient (Wildman–Crippen LogP) is 3.89. The first kappa shape index (κ1) is 16.5. The summed E-state index contributed by atoms with van der Waals surface area (Å²) in [4.78, 5) is 2.46. The molecule has 2 nitrogen and oxygen atoms in total. The first-order valence-electron chi connectivity index (χ1n) is 8.46. The lowest BCUT2D eigenvalue weighted by molar-refractivity contribution is 0.0751. The van der Waals surface area contributed by atoms with Gasteiger partial charge in [0.1, 0.15) is 0 Å². The second-order valence-electron chi connectivity index (χ2n) is 7.26. The molecule has 2 rings (SSSR count). The van der Waals surface area contributed by atoms with Gasteiger partial charge in [0.15, 0.2) is 0 Å². The summed E-state index contributed by atoms with van der Waals surface area (Å²) in [6.45, 7) is 6.90. The number of nitrogens with one attached hydrogen (secondary N) is 1. The van der Waals surface area contributed by atoms with Crippen molar-refractivity contribution < 1.29 is 0 Å². The predicted molar refractivity (Wildman–Crippen MR) is 91.8 cm³/mol. The Balaban J connectivity index is 1.88. The molecule has 1 saturated carbocycles. The van der Waals surface area contributed by atoms with Crippen molar-refractivity contribution in [1.29, 1.82) is 0 Å². The third-order valence-electron chi connectivity index (χ3n) is 5.29. The Kier molecular flexibility index (Phi) is 5.83. The van der Waals surface area contributed by atoms with Crippen molar-refractivity contribution in [2.24, 2.45) is 5.92 Å². The Bertz CT molecular complexity index is 415. The molecule has 0 amide bonds. The second-order valence-corrected chi connectivity index (χ2v) is 7.26. The largest absolute Gasteiger partial charge is 0.314 e. The van der Waals surface area contributed by atoms with Gasteiger partial charge >= 0.3 is 0 Å². The van der Waals surface area contributed by atoms with E-state index in [4.69, 9.17) is 0 Å². The van der Waals surface area contributed by atoms with Gasteiger partial charge in [0.2, 0.25) is 0 Å². The van der Waals surface area contributed by atoms with Crippen molar-refractivity contribution in [1.82, 2.24) is 10.2 Å². The third kappa shape index (κ3) is 4.31. The standard InChI is InChI=1S/C19H32N2/c1-16-9-8-12-19(13-16,21(3)4)15-20-14-17(2)18-10-6-5-7-11-18/h5-7,10-11,16-17,20H,8-9,12-15H2,1-4H3. The SMILES string of the molecule is CC1CCCC(CNCC(C)c2ccccc2)(N(C)C)C1. The summed E-state index contributed by atoms with van der Waals surface area (Å²) in [5.74, 6) is 1.43. The number of benzene rings is 1. The van der Waals surface area contributed by atoms with E-state index in [-0.39, 0.29) is 0 Å². The maximum Gasteiger partial charge on any atom is 0.0330 e. The van der Waals surface area contributed by atoms with Crippen molar-refractivity contribution in [3.63, 3.8) is 0 Å². The van der Waals surface area contributed by atoms with E-state index in [0.717, 1.165) is 19.0 Å².